The molecule has 8 heteroatoms. The number of aromatic amines is 1. The van der Waals surface area contributed by atoms with Gasteiger partial charge in [-0.05, 0) is 29.1 Å². The summed E-state index contributed by atoms with van der Waals surface area (Å²) in [6, 6.07) is 7.11. The van der Waals surface area contributed by atoms with Crippen molar-refractivity contribution in [2.75, 3.05) is 13.2 Å². The maximum Gasteiger partial charge on any atom is 0.310 e. The maximum atomic E-state index is 12.0. The first-order valence-electron chi connectivity index (χ1n) is 7.69. The van der Waals surface area contributed by atoms with E-state index in [1.165, 1.54) is 11.3 Å². The third-order valence-electron chi connectivity index (χ3n) is 3.69. The van der Waals surface area contributed by atoms with Crippen molar-refractivity contribution in [2.45, 2.75) is 13.0 Å². The maximum absolute atomic E-state index is 12.0. The molecule has 2 aromatic heterocycles. The van der Waals surface area contributed by atoms with Crippen molar-refractivity contribution >= 4 is 27.5 Å². The fourth-order valence-electron chi connectivity index (χ4n) is 2.55. The molecule has 0 unspecified atom stereocenters. The zero-order valence-corrected chi connectivity index (χ0v) is 13.9. The molecular weight excluding hydrogens is 344 g/mol. The van der Waals surface area contributed by atoms with Crippen molar-refractivity contribution in [3.63, 3.8) is 0 Å². The van der Waals surface area contributed by atoms with Crippen LogP contribution in [0.3, 0.4) is 0 Å². The molecule has 3 heterocycles. The van der Waals surface area contributed by atoms with Gasteiger partial charge in [0.15, 0.2) is 11.5 Å². The van der Waals surface area contributed by atoms with Crippen LogP contribution in [0.25, 0.3) is 10.2 Å². The number of aromatic nitrogens is 2. The van der Waals surface area contributed by atoms with Crippen LogP contribution in [-0.2, 0) is 22.6 Å². The van der Waals surface area contributed by atoms with E-state index in [0.29, 0.717) is 40.8 Å². The van der Waals surface area contributed by atoms with Gasteiger partial charge in [-0.2, -0.15) is 0 Å². The van der Waals surface area contributed by atoms with E-state index in [0.717, 1.165) is 5.56 Å². The predicted molar refractivity (Wildman–Crippen MR) is 91.2 cm³/mol. The standard InChI is InChI=1S/C17H14N2O5S/c20-15(8-10-1-2-12-13(7-10)23-5-4-22-12)24-9-14-18-11-3-6-25-16(11)17(21)19-14/h1-3,6-7H,4-5,8-9H2,(H,18,19,21). The van der Waals surface area contributed by atoms with Gasteiger partial charge in [0, 0.05) is 0 Å². The second-order valence-corrected chi connectivity index (χ2v) is 6.38. The first-order chi connectivity index (χ1) is 12.2. The van der Waals surface area contributed by atoms with E-state index in [2.05, 4.69) is 9.97 Å². The molecule has 1 aliphatic heterocycles. The summed E-state index contributed by atoms with van der Waals surface area (Å²) in [7, 11) is 0. The molecule has 0 saturated carbocycles. The Kier molecular flexibility index (Phi) is 4.10. The highest BCUT2D eigenvalue weighted by molar-refractivity contribution is 7.17. The average molecular weight is 358 g/mol. The number of fused-ring (bicyclic) bond motifs is 2. The number of benzene rings is 1. The van der Waals surface area contributed by atoms with Crippen molar-refractivity contribution < 1.29 is 19.0 Å². The minimum Gasteiger partial charge on any atom is -0.486 e. The molecule has 4 rings (SSSR count). The van der Waals surface area contributed by atoms with Crippen LogP contribution in [0.1, 0.15) is 11.4 Å². The van der Waals surface area contributed by atoms with Crippen LogP contribution >= 0.6 is 11.3 Å². The Hall–Kier alpha value is -2.87. The van der Waals surface area contributed by atoms with Crippen molar-refractivity contribution in [3.8, 4) is 11.5 Å². The van der Waals surface area contributed by atoms with Crippen LogP contribution in [0.15, 0.2) is 34.4 Å². The lowest BCUT2D eigenvalue weighted by molar-refractivity contribution is -0.144. The van der Waals surface area contributed by atoms with Crippen LogP contribution in [0.2, 0.25) is 0 Å². The predicted octanol–water partition coefficient (Wildman–Crippen LogP) is 2.04. The minimum absolute atomic E-state index is 0.0790. The van der Waals surface area contributed by atoms with Crippen LogP contribution in [-0.4, -0.2) is 29.2 Å². The summed E-state index contributed by atoms with van der Waals surface area (Å²) < 4.78 is 16.7. The Bertz CT molecular complexity index is 994. The van der Waals surface area contributed by atoms with Gasteiger partial charge in [-0.25, -0.2) is 4.98 Å². The van der Waals surface area contributed by atoms with Crippen molar-refractivity contribution in [3.05, 3.63) is 51.4 Å². The van der Waals surface area contributed by atoms with Crippen molar-refractivity contribution in [1.29, 1.82) is 0 Å². The van der Waals surface area contributed by atoms with E-state index in [1.54, 1.807) is 29.6 Å². The zero-order chi connectivity index (χ0) is 17.2. The summed E-state index contributed by atoms with van der Waals surface area (Å²) in [6.45, 7) is 0.934. The third-order valence-corrected chi connectivity index (χ3v) is 4.59. The first kappa shape index (κ1) is 15.6. The van der Waals surface area contributed by atoms with E-state index in [-0.39, 0.29) is 18.6 Å². The number of hydrogen-bond acceptors (Lipinski definition) is 7. The summed E-state index contributed by atoms with van der Waals surface area (Å²) in [5.41, 5.74) is 1.15. The molecule has 0 spiro atoms. The van der Waals surface area contributed by atoms with Gasteiger partial charge in [0.1, 0.15) is 30.3 Å². The molecular formula is C17H14N2O5S. The van der Waals surface area contributed by atoms with Gasteiger partial charge in [0.05, 0.1) is 11.9 Å². The first-order valence-corrected chi connectivity index (χ1v) is 8.57. The summed E-state index contributed by atoms with van der Waals surface area (Å²) in [6.07, 6.45) is 0.0988. The SMILES string of the molecule is O=C(Cc1ccc2c(c1)OCCO2)OCc1nc2ccsc2c(=O)[nH]1. The topological polar surface area (TPSA) is 90.5 Å². The molecule has 3 aromatic rings. The van der Waals surface area contributed by atoms with E-state index in [9.17, 15) is 9.59 Å². The molecule has 1 aliphatic rings. The number of thiophene rings is 1. The monoisotopic (exact) mass is 358 g/mol. The van der Waals surface area contributed by atoms with E-state index in [4.69, 9.17) is 14.2 Å². The number of nitrogens with one attached hydrogen (secondary N) is 1. The second kappa shape index (κ2) is 6.56. The summed E-state index contributed by atoms with van der Waals surface area (Å²) in [4.78, 5) is 30.8. The van der Waals surface area contributed by atoms with Gasteiger partial charge in [-0.1, -0.05) is 6.07 Å². The number of hydrogen-bond donors (Lipinski definition) is 1. The van der Waals surface area contributed by atoms with Crippen LogP contribution in [0.5, 0.6) is 11.5 Å². The quantitative estimate of drug-likeness (QED) is 0.718. The Morgan fingerprint density at radius 3 is 2.96 bits per heavy atom. The Balaban J connectivity index is 1.41. The number of rotatable bonds is 4. The highest BCUT2D eigenvalue weighted by Gasteiger charge is 2.14. The average Bonchev–Trinajstić information content (AvgIpc) is 3.09. The van der Waals surface area contributed by atoms with Crippen molar-refractivity contribution in [1.82, 2.24) is 9.97 Å². The fourth-order valence-corrected chi connectivity index (χ4v) is 3.28. The molecule has 0 saturated heterocycles. The lowest BCUT2D eigenvalue weighted by atomic mass is 10.1. The van der Waals surface area contributed by atoms with Crippen LogP contribution < -0.4 is 15.0 Å². The van der Waals surface area contributed by atoms with E-state index < -0.39 is 5.97 Å². The van der Waals surface area contributed by atoms with Gasteiger partial charge < -0.3 is 19.2 Å². The van der Waals surface area contributed by atoms with Gasteiger partial charge in [0.25, 0.3) is 5.56 Å². The molecule has 0 radical (unpaired) electrons. The Morgan fingerprint density at radius 2 is 2.08 bits per heavy atom. The number of nitrogens with zero attached hydrogens (tertiary/aromatic N) is 1. The summed E-state index contributed by atoms with van der Waals surface area (Å²) in [5.74, 6) is 1.22. The van der Waals surface area contributed by atoms with Gasteiger partial charge in [0.2, 0.25) is 0 Å². The van der Waals surface area contributed by atoms with E-state index >= 15 is 0 Å². The van der Waals surface area contributed by atoms with E-state index in [1.807, 2.05) is 0 Å². The zero-order valence-electron chi connectivity index (χ0n) is 13.1. The minimum atomic E-state index is -0.412. The lowest BCUT2D eigenvalue weighted by Gasteiger charge is -2.18. The molecule has 7 nitrogen and oxygen atoms in total. The largest absolute Gasteiger partial charge is 0.486 e. The number of carbonyl (C=O) groups excluding carboxylic acids is 1. The number of carbonyl (C=O) groups is 1. The molecule has 0 amide bonds. The molecule has 25 heavy (non-hydrogen) atoms. The molecule has 0 atom stereocenters. The van der Waals surface area contributed by atoms with Crippen LogP contribution in [0, 0.1) is 0 Å². The molecule has 0 bridgehead atoms. The number of esters is 1. The fraction of sp³-hybridized carbons (Fsp3) is 0.235. The lowest BCUT2D eigenvalue weighted by Crippen LogP contribution is -2.16. The highest BCUT2D eigenvalue weighted by Crippen LogP contribution is 2.30. The summed E-state index contributed by atoms with van der Waals surface area (Å²) in [5, 5.41) is 1.80. The normalized spacial score (nSPS) is 13.0. The second-order valence-electron chi connectivity index (χ2n) is 5.46. The molecule has 1 aromatic carbocycles. The number of H-pyrrole nitrogens is 1. The third kappa shape index (κ3) is 3.34. The number of ether oxygens (including phenoxy) is 3. The molecule has 0 aliphatic carbocycles. The summed E-state index contributed by atoms with van der Waals surface area (Å²) >= 11 is 1.32. The molecule has 0 fully saturated rings. The van der Waals surface area contributed by atoms with Gasteiger partial charge >= 0.3 is 5.97 Å². The Morgan fingerprint density at radius 1 is 1.24 bits per heavy atom. The molecule has 128 valence electrons. The Labute approximate surface area is 146 Å². The van der Waals surface area contributed by atoms with Gasteiger partial charge in [-0.3, -0.25) is 9.59 Å². The highest BCUT2D eigenvalue weighted by atomic mass is 32.1. The smallest absolute Gasteiger partial charge is 0.310 e. The van der Waals surface area contributed by atoms with Crippen molar-refractivity contribution in [2.24, 2.45) is 0 Å². The van der Waals surface area contributed by atoms with Crippen LogP contribution in [0.4, 0.5) is 0 Å². The van der Waals surface area contributed by atoms with Gasteiger partial charge in [-0.15, -0.1) is 11.3 Å². The molecule has 1 N–H and O–H groups in total.